The molecule has 6 heteroatoms. The Kier molecular flexibility index (Phi) is 6.70. The van der Waals surface area contributed by atoms with Gasteiger partial charge in [-0.05, 0) is 54.3 Å². The van der Waals surface area contributed by atoms with Gasteiger partial charge in [0.2, 0.25) is 0 Å². The zero-order chi connectivity index (χ0) is 22.3. The number of amides is 2. The Bertz CT molecular complexity index is 1070. The average molecular weight is 431 g/mol. The average Bonchev–Trinajstić information content (AvgIpc) is 2.86. The fourth-order valence-electron chi connectivity index (χ4n) is 3.87. The van der Waals surface area contributed by atoms with E-state index in [1.54, 1.807) is 36.3 Å². The number of aryl methyl sites for hydroxylation is 1. The van der Waals surface area contributed by atoms with Gasteiger partial charge in [0.1, 0.15) is 17.5 Å². The smallest absolute Gasteiger partial charge is 0.258 e. The summed E-state index contributed by atoms with van der Waals surface area (Å²) in [6.45, 7) is 0.428. The van der Waals surface area contributed by atoms with Crippen molar-refractivity contribution in [3.8, 4) is 11.5 Å². The third-order valence-electron chi connectivity index (χ3n) is 5.49. The summed E-state index contributed by atoms with van der Waals surface area (Å²) in [6.07, 6.45) is 1.83. The van der Waals surface area contributed by atoms with Gasteiger partial charge >= 0.3 is 0 Å². The van der Waals surface area contributed by atoms with Gasteiger partial charge in [-0.15, -0.1) is 0 Å². The van der Waals surface area contributed by atoms with Crippen LogP contribution in [-0.2, 0) is 16.0 Å². The maximum atomic E-state index is 13.6. The highest BCUT2D eigenvalue weighted by Crippen LogP contribution is 2.29. The zero-order valence-corrected chi connectivity index (χ0v) is 18.0. The standard InChI is InChI=1S/C26H26N2O4/c1-31-21-13-15-22(16-14-21)32-18-24(29)27-25(20-9-3-2-4-10-20)26(30)28-17-7-11-19-8-5-6-12-23(19)28/h2-6,8-10,12-16,25H,7,11,17-18H2,1H3,(H,27,29). The zero-order valence-electron chi connectivity index (χ0n) is 18.0. The Hall–Kier alpha value is -3.80. The van der Waals surface area contributed by atoms with Gasteiger partial charge in [-0.3, -0.25) is 9.59 Å². The molecule has 0 fully saturated rings. The molecular weight excluding hydrogens is 404 g/mol. The predicted molar refractivity (Wildman–Crippen MR) is 123 cm³/mol. The summed E-state index contributed by atoms with van der Waals surface area (Å²) in [7, 11) is 1.59. The highest BCUT2D eigenvalue weighted by molar-refractivity contribution is 6.00. The van der Waals surface area contributed by atoms with Crippen LogP contribution in [0.15, 0.2) is 78.9 Å². The third-order valence-corrected chi connectivity index (χ3v) is 5.49. The van der Waals surface area contributed by atoms with Gasteiger partial charge in [0, 0.05) is 12.2 Å². The Morgan fingerprint density at radius 3 is 2.38 bits per heavy atom. The van der Waals surface area contributed by atoms with Crippen molar-refractivity contribution in [1.82, 2.24) is 5.32 Å². The van der Waals surface area contributed by atoms with Gasteiger partial charge in [0.05, 0.1) is 7.11 Å². The first-order valence-corrected chi connectivity index (χ1v) is 10.7. The number of carbonyl (C=O) groups excluding carboxylic acids is 2. The Balaban J connectivity index is 1.50. The molecule has 0 saturated heterocycles. The summed E-state index contributed by atoms with van der Waals surface area (Å²) in [5.41, 5.74) is 2.79. The fourth-order valence-corrected chi connectivity index (χ4v) is 3.87. The molecule has 164 valence electrons. The number of benzene rings is 3. The second kappa shape index (κ2) is 10.0. The number of para-hydroxylation sites is 1. The second-order valence-corrected chi connectivity index (χ2v) is 7.60. The van der Waals surface area contributed by atoms with E-state index in [0.717, 1.165) is 29.7 Å². The number of ether oxygens (including phenoxy) is 2. The van der Waals surface area contributed by atoms with Crippen LogP contribution in [0.1, 0.15) is 23.6 Å². The molecule has 1 aliphatic rings. The number of rotatable bonds is 7. The van der Waals surface area contributed by atoms with E-state index in [-0.39, 0.29) is 18.4 Å². The first-order chi connectivity index (χ1) is 15.7. The van der Waals surface area contributed by atoms with Crippen LogP contribution >= 0.6 is 0 Å². The fraction of sp³-hybridized carbons (Fsp3) is 0.231. The Morgan fingerprint density at radius 2 is 1.62 bits per heavy atom. The van der Waals surface area contributed by atoms with E-state index in [9.17, 15) is 9.59 Å². The largest absolute Gasteiger partial charge is 0.497 e. The van der Waals surface area contributed by atoms with Crippen molar-refractivity contribution in [3.63, 3.8) is 0 Å². The lowest BCUT2D eigenvalue weighted by molar-refractivity contribution is -0.129. The highest BCUT2D eigenvalue weighted by Gasteiger charge is 2.30. The SMILES string of the molecule is COc1ccc(OCC(=O)NC(C(=O)N2CCCc3ccccc32)c2ccccc2)cc1. The molecule has 0 aromatic heterocycles. The van der Waals surface area contributed by atoms with E-state index >= 15 is 0 Å². The summed E-state index contributed by atoms with van der Waals surface area (Å²) < 4.78 is 10.7. The lowest BCUT2D eigenvalue weighted by Gasteiger charge is -2.32. The number of methoxy groups -OCH3 is 1. The second-order valence-electron chi connectivity index (χ2n) is 7.60. The van der Waals surface area contributed by atoms with Crippen molar-refractivity contribution in [2.45, 2.75) is 18.9 Å². The molecule has 3 aromatic carbocycles. The summed E-state index contributed by atoms with van der Waals surface area (Å²) in [5, 5.41) is 2.87. The molecule has 1 unspecified atom stereocenters. The van der Waals surface area contributed by atoms with Crippen molar-refractivity contribution in [1.29, 1.82) is 0 Å². The van der Waals surface area contributed by atoms with Crippen molar-refractivity contribution in [2.75, 3.05) is 25.2 Å². The first kappa shape index (κ1) is 21.4. The minimum atomic E-state index is -0.797. The minimum Gasteiger partial charge on any atom is -0.497 e. The lowest BCUT2D eigenvalue weighted by Crippen LogP contribution is -2.46. The number of carbonyl (C=O) groups is 2. The Labute approximate surface area is 187 Å². The van der Waals surface area contributed by atoms with Gasteiger partial charge < -0.3 is 19.7 Å². The summed E-state index contributed by atoms with van der Waals surface area (Å²) >= 11 is 0. The van der Waals surface area contributed by atoms with Crippen LogP contribution in [0.5, 0.6) is 11.5 Å². The van der Waals surface area contributed by atoms with Crippen LogP contribution < -0.4 is 19.7 Å². The van der Waals surface area contributed by atoms with Crippen LogP contribution in [0, 0.1) is 0 Å². The number of hydrogen-bond acceptors (Lipinski definition) is 4. The van der Waals surface area contributed by atoms with Gasteiger partial charge in [0.15, 0.2) is 6.61 Å². The quantitative estimate of drug-likeness (QED) is 0.617. The van der Waals surface area contributed by atoms with Gasteiger partial charge in [-0.2, -0.15) is 0 Å². The van der Waals surface area contributed by atoms with Crippen LogP contribution in [0.4, 0.5) is 5.69 Å². The number of nitrogens with zero attached hydrogens (tertiary/aromatic N) is 1. The molecule has 32 heavy (non-hydrogen) atoms. The van der Waals surface area contributed by atoms with E-state index in [4.69, 9.17) is 9.47 Å². The molecule has 1 N–H and O–H groups in total. The van der Waals surface area contributed by atoms with Crippen LogP contribution in [-0.4, -0.2) is 32.1 Å². The van der Waals surface area contributed by atoms with Crippen LogP contribution in [0.2, 0.25) is 0 Å². The molecule has 6 nitrogen and oxygen atoms in total. The van der Waals surface area contributed by atoms with Crippen LogP contribution in [0.25, 0.3) is 0 Å². The molecule has 0 radical (unpaired) electrons. The predicted octanol–water partition coefficient (Wildman–Crippen LogP) is 3.91. The summed E-state index contributed by atoms with van der Waals surface area (Å²) in [4.78, 5) is 28.1. The topological polar surface area (TPSA) is 67.9 Å². The molecule has 0 spiro atoms. The van der Waals surface area contributed by atoms with E-state index in [0.29, 0.717) is 18.0 Å². The first-order valence-electron chi connectivity index (χ1n) is 10.7. The van der Waals surface area contributed by atoms with Crippen LogP contribution in [0.3, 0.4) is 0 Å². The van der Waals surface area contributed by atoms with Crippen molar-refractivity contribution in [3.05, 3.63) is 90.0 Å². The lowest BCUT2D eigenvalue weighted by atomic mass is 9.99. The number of hydrogen-bond donors (Lipinski definition) is 1. The summed E-state index contributed by atoms with van der Waals surface area (Å²) in [6, 6.07) is 23.4. The summed E-state index contributed by atoms with van der Waals surface area (Å²) in [5.74, 6) is 0.737. The molecule has 0 aliphatic carbocycles. The van der Waals surface area contributed by atoms with Gasteiger partial charge in [-0.25, -0.2) is 0 Å². The van der Waals surface area contributed by atoms with E-state index in [1.165, 1.54) is 0 Å². The number of anilines is 1. The van der Waals surface area contributed by atoms with Gasteiger partial charge in [0.25, 0.3) is 11.8 Å². The maximum absolute atomic E-state index is 13.6. The maximum Gasteiger partial charge on any atom is 0.258 e. The third kappa shape index (κ3) is 4.91. The molecule has 1 aliphatic heterocycles. The van der Waals surface area contributed by atoms with Crippen molar-refractivity contribution < 1.29 is 19.1 Å². The minimum absolute atomic E-state index is 0.152. The van der Waals surface area contributed by atoms with Gasteiger partial charge in [-0.1, -0.05) is 48.5 Å². The molecular formula is C26H26N2O4. The normalized spacial score (nSPS) is 13.6. The molecule has 0 saturated carbocycles. The molecule has 1 atom stereocenters. The molecule has 4 rings (SSSR count). The van der Waals surface area contributed by atoms with E-state index < -0.39 is 6.04 Å². The van der Waals surface area contributed by atoms with Crippen molar-refractivity contribution in [2.24, 2.45) is 0 Å². The van der Waals surface area contributed by atoms with E-state index in [1.807, 2.05) is 54.6 Å². The number of fused-ring (bicyclic) bond motifs is 1. The van der Waals surface area contributed by atoms with Crippen molar-refractivity contribution >= 4 is 17.5 Å². The molecule has 0 bridgehead atoms. The monoisotopic (exact) mass is 430 g/mol. The molecule has 3 aromatic rings. The highest BCUT2D eigenvalue weighted by atomic mass is 16.5. The molecule has 2 amide bonds. The Morgan fingerprint density at radius 1 is 0.938 bits per heavy atom. The molecule has 1 heterocycles. The number of nitrogens with one attached hydrogen (secondary N) is 1. The van der Waals surface area contributed by atoms with E-state index in [2.05, 4.69) is 5.32 Å².